The monoisotopic (exact) mass is 250 g/mol. The van der Waals surface area contributed by atoms with Gasteiger partial charge in [-0.1, -0.05) is 30.3 Å². The summed E-state index contributed by atoms with van der Waals surface area (Å²) in [7, 11) is 5.30. The number of rotatable bonds is 3. The van der Waals surface area contributed by atoms with Gasteiger partial charge in [-0.3, -0.25) is 0 Å². The highest BCUT2D eigenvalue weighted by atomic mass is 16.4. The average Bonchev–Trinajstić information content (AvgIpc) is 2.75. The molecule has 92 valence electrons. The Balaban J connectivity index is 2.64. The molecule has 19 heavy (non-hydrogen) atoms. The van der Waals surface area contributed by atoms with Crippen LogP contribution in [-0.2, 0) is 4.65 Å². The number of oxazole rings is 1. The second-order valence-corrected chi connectivity index (χ2v) is 3.95. The fourth-order valence-corrected chi connectivity index (χ4v) is 1.82. The van der Waals surface area contributed by atoms with Crippen LogP contribution in [0.2, 0.25) is 0 Å². The quantitative estimate of drug-likeness (QED) is 0.477. The summed E-state index contributed by atoms with van der Waals surface area (Å²) >= 11 is 0. The lowest BCUT2D eigenvalue weighted by molar-refractivity contribution is 0.469. The van der Waals surface area contributed by atoms with E-state index >= 15 is 0 Å². The smallest absolute Gasteiger partial charge is 0.374 e. The largest absolute Gasteiger partial charge is 0.564 e. The molecule has 2 rings (SSSR count). The zero-order chi connectivity index (χ0) is 13.8. The van der Waals surface area contributed by atoms with Gasteiger partial charge in [-0.2, -0.15) is 5.26 Å². The molecule has 0 spiro atoms. The van der Waals surface area contributed by atoms with Crippen molar-refractivity contribution in [2.45, 2.75) is 13.8 Å². The van der Waals surface area contributed by atoms with E-state index in [0.717, 1.165) is 0 Å². The molecule has 1 heterocycles. The zero-order valence-corrected chi connectivity index (χ0v) is 10.7. The lowest BCUT2D eigenvalue weighted by Crippen LogP contribution is -1.95. The van der Waals surface area contributed by atoms with E-state index in [1.54, 1.807) is 26.0 Å². The van der Waals surface area contributed by atoms with Crippen LogP contribution in [0.5, 0.6) is 0 Å². The molecule has 0 saturated heterocycles. The summed E-state index contributed by atoms with van der Waals surface area (Å²) in [5.41, 5.74) is 1.64. The maximum atomic E-state index is 9.33. The van der Waals surface area contributed by atoms with Crippen LogP contribution in [0.15, 0.2) is 34.7 Å². The molecule has 1 aromatic carbocycles. The molecule has 2 aromatic rings. The fourth-order valence-electron chi connectivity index (χ4n) is 1.82. The van der Waals surface area contributed by atoms with Crippen LogP contribution in [0, 0.1) is 25.2 Å². The number of hydrogen-bond acceptors (Lipinski definition) is 4. The summed E-state index contributed by atoms with van der Waals surface area (Å²) in [5, 5.41) is 9.33. The highest BCUT2D eigenvalue weighted by Gasteiger charge is 2.18. The van der Waals surface area contributed by atoms with Crippen LogP contribution >= 0.6 is 0 Å². The van der Waals surface area contributed by atoms with Crippen molar-refractivity contribution in [1.29, 1.82) is 5.26 Å². The Bertz CT molecular complexity index is 654. The van der Waals surface area contributed by atoms with E-state index in [-0.39, 0.29) is 5.76 Å². The SMILES string of the molecule is [B]O/C(=C(/C#N)c1ccccc1)c1oc(C)nc1C. The Morgan fingerprint density at radius 2 is 2.00 bits per heavy atom. The lowest BCUT2D eigenvalue weighted by Gasteiger charge is -2.08. The van der Waals surface area contributed by atoms with Crippen LogP contribution in [0.25, 0.3) is 11.3 Å². The van der Waals surface area contributed by atoms with E-state index in [0.29, 0.717) is 28.5 Å². The summed E-state index contributed by atoms with van der Waals surface area (Å²) in [4.78, 5) is 4.14. The van der Waals surface area contributed by atoms with Crippen molar-refractivity contribution in [1.82, 2.24) is 4.98 Å². The van der Waals surface area contributed by atoms with Crippen LogP contribution in [0.3, 0.4) is 0 Å². The minimum Gasteiger partial charge on any atom is -0.564 e. The molecule has 0 fully saturated rings. The van der Waals surface area contributed by atoms with Gasteiger partial charge in [0.15, 0.2) is 17.4 Å². The summed E-state index contributed by atoms with van der Waals surface area (Å²) in [6.45, 7) is 3.49. The average molecular weight is 250 g/mol. The van der Waals surface area contributed by atoms with Crippen LogP contribution < -0.4 is 0 Å². The van der Waals surface area contributed by atoms with Crippen molar-refractivity contribution in [2.75, 3.05) is 0 Å². The third-order valence-corrected chi connectivity index (χ3v) is 2.63. The third kappa shape index (κ3) is 2.53. The third-order valence-electron chi connectivity index (χ3n) is 2.63. The molecule has 0 amide bonds. The first kappa shape index (κ1) is 13.0. The summed E-state index contributed by atoms with van der Waals surface area (Å²) in [6.07, 6.45) is 0. The first-order valence-corrected chi connectivity index (χ1v) is 5.68. The van der Waals surface area contributed by atoms with Crippen molar-refractivity contribution in [2.24, 2.45) is 0 Å². The van der Waals surface area contributed by atoms with E-state index < -0.39 is 0 Å². The van der Waals surface area contributed by atoms with Crippen molar-refractivity contribution in [3.05, 3.63) is 53.2 Å². The van der Waals surface area contributed by atoms with Gasteiger partial charge in [0, 0.05) is 6.92 Å². The Hall–Kier alpha value is -2.48. The van der Waals surface area contributed by atoms with Gasteiger partial charge in [0.1, 0.15) is 11.6 Å². The van der Waals surface area contributed by atoms with E-state index in [1.165, 1.54) is 0 Å². The number of nitrogens with zero attached hydrogens (tertiary/aromatic N) is 2. The summed E-state index contributed by atoms with van der Waals surface area (Å²) in [5.74, 6) is 1.06. The van der Waals surface area contributed by atoms with Gasteiger partial charge >= 0.3 is 8.05 Å². The Morgan fingerprint density at radius 1 is 1.32 bits per heavy atom. The molecule has 0 unspecified atom stereocenters. The molecule has 0 aliphatic rings. The number of hydrogen-bond donors (Lipinski definition) is 0. The Morgan fingerprint density at radius 3 is 2.47 bits per heavy atom. The van der Waals surface area contributed by atoms with Gasteiger partial charge in [0.05, 0.1) is 5.69 Å². The Kier molecular flexibility index (Phi) is 3.72. The van der Waals surface area contributed by atoms with E-state index in [1.807, 2.05) is 18.2 Å². The number of nitriles is 1. The fraction of sp³-hybridized carbons (Fsp3) is 0.143. The van der Waals surface area contributed by atoms with Gasteiger partial charge in [0.2, 0.25) is 0 Å². The van der Waals surface area contributed by atoms with Crippen molar-refractivity contribution >= 4 is 19.4 Å². The minimum absolute atomic E-state index is 0.187. The molecule has 2 radical (unpaired) electrons. The minimum atomic E-state index is 0.187. The molecule has 4 nitrogen and oxygen atoms in total. The second kappa shape index (κ2) is 5.45. The number of allylic oxidation sites excluding steroid dienone is 1. The van der Waals surface area contributed by atoms with Gasteiger partial charge in [-0.15, -0.1) is 0 Å². The highest BCUT2D eigenvalue weighted by Crippen LogP contribution is 2.28. The van der Waals surface area contributed by atoms with Crippen molar-refractivity contribution in [3.8, 4) is 6.07 Å². The van der Waals surface area contributed by atoms with Gasteiger partial charge in [-0.25, -0.2) is 4.98 Å². The maximum Gasteiger partial charge on any atom is 0.374 e. The molecule has 0 aliphatic carbocycles. The molecule has 1 aromatic heterocycles. The van der Waals surface area contributed by atoms with E-state index in [9.17, 15) is 5.26 Å². The molecule has 0 atom stereocenters. The highest BCUT2D eigenvalue weighted by molar-refractivity contribution is 6.06. The maximum absolute atomic E-state index is 9.33. The van der Waals surface area contributed by atoms with Crippen LogP contribution in [-0.4, -0.2) is 13.0 Å². The lowest BCUT2D eigenvalue weighted by atomic mass is 10.0. The molecular weight excluding hydrogens is 239 g/mol. The second-order valence-electron chi connectivity index (χ2n) is 3.95. The van der Waals surface area contributed by atoms with Crippen molar-refractivity contribution in [3.63, 3.8) is 0 Å². The topological polar surface area (TPSA) is 59.0 Å². The number of benzene rings is 1. The number of aryl methyl sites for hydroxylation is 2. The van der Waals surface area contributed by atoms with Crippen LogP contribution in [0.1, 0.15) is 22.9 Å². The van der Waals surface area contributed by atoms with Gasteiger partial charge < -0.3 is 9.07 Å². The standard InChI is InChI=1S/C14H11BN2O2/c1-9-13(18-10(2)17-9)14(19-15)12(8-16)11-6-4-3-5-7-11/h3-7H,1-2H3/b14-12-. The molecule has 0 saturated carbocycles. The molecule has 5 heteroatoms. The van der Waals surface area contributed by atoms with Gasteiger partial charge in [0.25, 0.3) is 0 Å². The first-order valence-electron chi connectivity index (χ1n) is 5.68. The molecule has 0 bridgehead atoms. The van der Waals surface area contributed by atoms with Crippen LogP contribution in [0.4, 0.5) is 0 Å². The predicted octanol–water partition coefficient (Wildman–Crippen LogP) is 2.78. The van der Waals surface area contributed by atoms with E-state index in [4.69, 9.17) is 17.1 Å². The van der Waals surface area contributed by atoms with E-state index in [2.05, 4.69) is 11.1 Å². The molecular formula is C14H11BN2O2. The molecule has 0 aliphatic heterocycles. The normalized spacial score (nSPS) is 11.6. The van der Waals surface area contributed by atoms with Gasteiger partial charge in [-0.05, 0) is 12.5 Å². The number of aromatic nitrogens is 1. The first-order chi connectivity index (χ1) is 9.17. The molecule has 0 N–H and O–H groups in total. The zero-order valence-electron chi connectivity index (χ0n) is 10.7. The summed E-state index contributed by atoms with van der Waals surface area (Å²) < 4.78 is 10.3. The predicted molar refractivity (Wildman–Crippen MR) is 71.7 cm³/mol. The Labute approximate surface area is 112 Å². The summed E-state index contributed by atoms with van der Waals surface area (Å²) in [6, 6.07) is 11.2. The van der Waals surface area contributed by atoms with Crippen molar-refractivity contribution < 1.29 is 9.07 Å².